The van der Waals surface area contributed by atoms with Crippen LogP contribution < -0.4 is 5.73 Å². The van der Waals surface area contributed by atoms with Crippen LogP contribution in [0.25, 0.3) is 17.2 Å². The molecule has 2 heteroatoms. The molecule has 0 saturated carbocycles. The molecular formula is C17H17NO. The van der Waals surface area contributed by atoms with Crippen LogP contribution in [0.1, 0.15) is 16.7 Å². The maximum atomic E-state index is 10.8. The fourth-order valence-corrected chi connectivity index (χ4v) is 2.14. The number of carbonyl (C=O) groups excluding carboxylic acids is 1. The van der Waals surface area contributed by atoms with Crippen LogP contribution in [0.4, 0.5) is 0 Å². The molecule has 2 N–H and O–H groups in total. The molecule has 0 fully saturated rings. The Hall–Kier alpha value is -2.35. The largest absolute Gasteiger partial charge is 0.366 e. The third-order valence-corrected chi connectivity index (χ3v) is 2.88. The van der Waals surface area contributed by atoms with E-state index in [4.69, 9.17) is 5.73 Å². The molecule has 2 aromatic rings. The van der Waals surface area contributed by atoms with Crippen LogP contribution in [0.5, 0.6) is 0 Å². The van der Waals surface area contributed by atoms with Crippen molar-refractivity contribution in [2.24, 2.45) is 5.73 Å². The summed E-state index contributed by atoms with van der Waals surface area (Å²) in [6, 6.07) is 14.5. The SMILES string of the molecule is Cc1cc(C)cc(-c2cccc(C=CC(N)=O)c2)c1. The minimum absolute atomic E-state index is 0.434. The quantitative estimate of drug-likeness (QED) is 0.834. The second-order valence-corrected chi connectivity index (χ2v) is 4.74. The second-order valence-electron chi connectivity index (χ2n) is 4.74. The first-order chi connectivity index (χ1) is 9.04. The van der Waals surface area contributed by atoms with E-state index >= 15 is 0 Å². The topological polar surface area (TPSA) is 43.1 Å². The van der Waals surface area contributed by atoms with Gasteiger partial charge in [0, 0.05) is 6.08 Å². The van der Waals surface area contributed by atoms with Gasteiger partial charge >= 0.3 is 0 Å². The van der Waals surface area contributed by atoms with Crippen molar-refractivity contribution in [2.75, 3.05) is 0 Å². The lowest BCUT2D eigenvalue weighted by Crippen LogP contribution is -2.05. The predicted octanol–water partition coefficient (Wildman–Crippen LogP) is 3.47. The van der Waals surface area contributed by atoms with Gasteiger partial charge in [0.15, 0.2) is 0 Å². The second kappa shape index (κ2) is 5.53. The van der Waals surface area contributed by atoms with E-state index < -0.39 is 5.91 Å². The van der Waals surface area contributed by atoms with Crippen molar-refractivity contribution in [1.29, 1.82) is 0 Å². The van der Waals surface area contributed by atoms with Crippen LogP contribution in [0.2, 0.25) is 0 Å². The lowest BCUT2D eigenvalue weighted by molar-refractivity contribution is -0.113. The summed E-state index contributed by atoms with van der Waals surface area (Å²) in [7, 11) is 0. The molecule has 1 amide bonds. The van der Waals surface area contributed by atoms with Crippen molar-refractivity contribution >= 4 is 12.0 Å². The van der Waals surface area contributed by atoms with Gasteiger partial charge in [0.25, 0.3) is 0 Å². The molecule has 0 saturated heterocycles. The average molecular weight is 251 g/mol. The van der Waals surface area contributed by atoms with E-state index in [2.05, 4.69) is 38.1 Å². The average Bonchev–Trinajstić information content (AvgIpc) is 2.35. The summed E-state index contributed by atoms with van der Waals surface area (Å²) in [5.41, 5.74) is 10.9. The zero-order chi connectivity index (χ0) is 13.8. The van der Waals surface area contributed by atoms with Crippen molar-refractivity contribution in [3.05, 3.63) is 65.2 Å². The van der Waals surface area contributed by atoms with Crippen LogP contribution in [-0.2, 0) is 4.79 Å². The molecule has 2 nitrogen and oxygen atoms in total. The Morgan fingerprint density at radius 3 is 2.32 bits per heavy atom. The highest BCUT2D eigenvalue weighted by Gasteiger charge is 2.00. The fraction of sp³-hybridized carbons (Fsp3) is 0.118. The maximum Gasteiger partial charge on any atom is 0.241 e. The molecule has 19 heavy (non-hydrogen) atoms. The molecule has 96 valence electrons. The number of aryl methyl sites for hydroxylation is 2. The lowest BCUT2D eigenvalue weighted by Gasteiger charge is -2.06. The minimum atomic E-state index is -0.434. The van der Waals surface area contributed by atoms with Crippen LogP contribution in [0.15, 0.2) is 48.5 Å². The lowest BCUT2D eigenvalue weighted by atomic mass is 9.99. The van der Waals surface area contributed by atoms with E-state index in [1.165, 1.54) is 22.8 Å². The summed E-state index contributed by atoms with van der Waals surface area (Å²) in [6.45, 7) is 4.18. The summed E-state index contributed by atoms with van der Waals surface area (Å²) >= 11 is 0. The monoisotopic (exact) mass is 251 g/mol. The zero-order valence-corrected chi connectivity index (χ0v) is 11.2. The van der Waals surface area contributed by atoms with Gasteiger partial charge in [-0.25, -0.2) is 0 Å². The van der Waals surface area contributed by atoms with E-state index in [0.29, 0.717) is 0 Å². The van der Waals surface area contributed by atoms with Gasteiger partial charge in [-0.15, -0.1) is 0 Å². The van der Waals surface area contributed by atoms with Gasteiger partial charge in [-0.1, -0.05) is 47.5 Å². The van der Waals surface area contributed by atoms with Gasteiger partial charge in [0.1, 0.15) is 0 Å². The van der Waals surface area contributed by atoms with Crippen molar-refractivity contribution < 1.29 is 4.79 Å². The summed E-state index contributed by atoms with van der Waals surface area (Å²) in [6.07, 6.45) is 3.11. The predicted molar refractivity (Wildman–Crippen MR) is 79.6 cm³/mol. The molecule has 2 rings (SSSR count). The first-order valence-corrected chi connectivity index (χ1v) is 6.21. The van der Waals surface area contributed by atoms with Gasteiger partial charge in [0.05, 0.1) is 0 Å². The molecular weight excluding hydrogens is 234 g/mol. The molecule has 0 spiro atoms. The van der Waals surface area contributed by atoms with Gasteiger partial charge in [0.2, 0.25) is 5.91 Å². The van der Waals surface area contributed by atoms with E-state index in [-0.39, 0.29) is 0 Å². The van der Waals surface area contributed by atoms with Crippen LogP contribution >= 0.6 is 0 Å². The molecule has 0 aliphatic rings. The Morgan fingerprint density at radius 1 is 1.00 bits per heavy atom. The summed E-state index contributed by atoms with van der Waals surface area (Å²) in [5.74, 6) is -0.434. The van der Waals surface area contributed by atoms with Crippen molar-refractivity contribution in [2.45, 2.75) is 13.8 Å². The van der Waals surface area contributed by atoms with E-state index in [1.54, 1.807) is 6.08 Å². The Bertz CT molecular complexity index is 621. The molecule has 0 atom stereocenters. The number of nitrogens with two attached hydrogens (primary N) is 1. The Morgan fingerprint density at radius 2 is 1.68 bits per heavy atom. The summed E-state index contributed by atoms with van der Waals surface area (Å²) < 4.78 is 0. The molecule has 0 heterocycles. The van der Waals surface area contributed by atoms with Crippen LogP contribution in [0.3, 0.4) is 0 Å². The highest BCUT2D eigenvalue weighted by atomic mass is 16.1. The van der Waals surface area contributed by atoms with Gasteiger partial charge in [-0.3, -0.25) is 4.79 Å². The van der Waals surface area contributed by atoms with Gasteiger partial charge in [-0.05, 0) is 42.7 Å². The summed E-state index contributed by atoms with van der Waals surface area (Å²) in [5, 5.41) is 0. The van der Waals surface area contributed by atoms with Crippen molar-refractivity contribution in [3.63, 3.8) is 0 Å². The van der Waals surface area contributed by atoms with Crippen molar-refractivity contribution in [3.8, 4) is 11.1 Å². The minimum Gasteiger partial charge on any atom is -0.366 e. The number of benzene rings is 2. The maximum absolute atomic E-state index is 10.8. The van der Waals surface area contributed by atoms with E-state index in [1.807, 2.05) is 18.2 Å². The number of carbonyl (C=O) groups is 1. The Kier molecular flexibility index (Phi) is 3.81. The highest BCUT2D eigenvalue weighted by molar-refractivity contribution is 5.90. The first kappa shape index (κ1) is 13.1. The Labute approximate surface area is 113 Å². The smallest absolute Gasteiger partial charge is 0.241 e. The van der Waals surface area contributed by atoms with Crippen molar-refractivity contribution in [1.82, 2.24) is 0 Å². The normalized spacial score (nSPS) is 10.8. The van der Waals surface area contributed by atoms with Gasteiger partial charge in [-0.2, -0.15) is 0 Å². The standard InChI is InChI=1S/C17H17NO/c1-12-8-13(2)10-16(9-12)15-5-3-4-14(11-15)6-7-17(18)19/h3-11H,1-2H3,(H2,18,19). The van der Waals surface area contributed by atoms with E-state index in [9.17, 15) is 4.79 Å². The third kappa shape index (κ3) is 3.55. The zero-order valence-electron chi connectivity index (χ0n) is 11.2. The highest BCUT2D eigenvalue weighted by Crippen LogP contribution is 2.23. The summed E-state index contributed by atoms with van der Waals surface area (Å²) in [4.78, 5) is 10.8. The van der Waals surface area contributed by atoms with Gasteiger partial charge < -0.3 is 5.73 Å². The first-order valence-electron chi connectivity index (χ1n) is 6.21. The number of primary amides is 1. The van der Waals surface area contributed by atoms with Crippen LogP contribution in [0, 0.1) is 13.8 Å². The number of amides is 1. The molecule has 0 aliphatic heterocycles. The Balaban J connectivity index is 2.40. The molecule has 0 radical (unpaired) electrons. The number of hydrogen-bond donors (Lipinski definition) is 1. The fourth-order valence-electron chi connectivity index (χ4n) is 2.14. The molecule has 0 unspecified atom stereocenters. The number of hydrogen-bond acceptors (Lipinski definition) is 1. The molecule has 2 aromatic carbocycles. The van der Waals surface area contributed by atoms with Crippen LogP contribution in [-0.4, -0.2) is 5.91 Å². The number of rotatable bonds is 3. The molecule has 0 bridgehead atoms. The molecule has 0 aliphatic carbocycles. The third-order valence-electron chi connectivity index (χ3n) is 2.88. The molecule has 0 aromatic heterocycles. The van der Waals surface area contributed by atoms with E-state index in [0.717, 1.165) is 11.1 Å².